The second kappa shape index (κ2) is 13.1. The van der Waals surface area contributed by atoms with E-state index in [1.165, 1.54) is 84.1 Å². The second-order valence-corrected chi connectivity index (χ2v) is 19.5. The summed E-state index contributed by atoms with van der Waals surface area (Å²) in [5.74, 6) is 1.58. The molecule has 0 radical (unpaired) electrons. The van der Waals surface area contributed by atoms with Gasteiger partial charge in [0.1, 0.15) is 46.9 Å². The molecule has 11 heteroatoms. The Balaban J connectivity index is 1.21. The molecule has 262 valence electrons. The number of thiophene rings is 5. The maximum absolute atomic E-state index is 9.45. The van der Waals surface area contributed by atoms with Crippen LogP contribution in [0.4, 0.5) is 0 Å². The van der Waals surface area contributed by atoms with Crippen LogP contribution < -0.4 is 9.47 Å². The Morgan fingerprint density at radius 2 is 1.15 bits per heavy atom. The molecule has 0 aliphatic heterocycles. The standard InChI is InChI=1S/C42H32N4O2S5/c1-47-29-15-25(13-23(19-43)20-44)49-35(29)27-17-31-33(41(27)9-5-3-6-10-41)38-40(51-31)34-39(53-38)36-28(42(34)11-7-4-8-12-42)18-32(52-36)37-30(48-2)16-26(50-37)14-24(21-45)22-46/h13-18H,3-12H2,1-2H3. The van der Waals surface area contributed by atoms with Gasteiger partial charge in [0, 0.05) is 40.8 Å². The monoisotopic (exact) mass is 784 g/mol. The maximum Gasteiger partial charge on any atom is 0.138 e. The summed E-state index contributed by atoms with van der Waals surface area (Å²) in [6, 6.07) is 14.3. The maximum atomic E-state index is 9.45. The Kier molecular flexibility index (Phi) is 8.50. The first kappa shape index (κ1) is 34.3. The van der Waals surface area contributed by atoms with E-state index >= 15 is 0 Å². The van der Waals surface area contributed by atoms with Gasteiger partial charge in [-0.1, -0.05) is 38.5 Å². The lowest BCUT2D eigenvalue weighted by molar-refractivity contribution is 0.356. The molecule has 0 amide bonds. The van der Waals surface area contributed by atoms with Crippen molar-refractivity contribution in [2.24, 2.45) is 0 Å². The minimum Gasteiger partial charge on any atom is -0.495 e. The Morgan fingerprint density at radius 1 is 0.604 bits per heavy atom. The highest BCUT2D eigenvalue weighted by Crippen LogP contribution is 2.69. The van der Waals surface area contributed by atoms with Crippen LogP contribution in [-0.2, 0) is 10.8 Å². The van der Waals surface area contributed by atoms with Crippen molar-refractivity contribution < 1.29 is 9.47 Å². The van der Waals surface area contributed by atoms with E-state index in [2.05, 4.69) is 12.1 Å². The Labute approximate surface area is 328 Å². The van der Waals surface area contributed by atoms with Crippen LogP contribution in [-0.4, -0.2) is 14.2 Å². The predicted octanol–water partition coefficient (Wildman–Crippen LogP) is 12.7. The molecule has 4 aliphatic rings. The van der Waals surface area contributed by atoms with Crippen molar-refractivity contribution in [3.8, 4) is 55.3 Å². The molecule has 53 heavy (non-hydrogen) atoms. The average Bonchev–Trinajstić information content (AvgIpc) is 4.05. The molecule has 4 aliphatic carbocycles. The normalized spacial score (nSPS) is 17.2. The summed E-state index contributed by atoms with van der Waals surface area (Å²) in [7, 11) is 3.40. The van der Waals surface area contributed by atoms with Gasteiger partial charge in [-0.2, -0.15) is 21.0 Å². The molecule has 2 saturated carbocycles. The fourth-order valence-electron chi connectivity index (χ4n) is 9.35. The van der Waals surface area contributed by atoms with E-state index in [0.717, 1.165) is 56.7 Å². The SMILES string of the molecule is COc1cc(C=C(C#N)C#N)sc1C1=Cc2sc3c4c(sc3c2C12CCCCC2)-c1sc(-c2sc(C=C(C#N)C#N)cc2OC)cc1C41CCCCC1. The number of rotatable bonds is 6. The fourth-order valence-corrected chi connectivity index (χ4v) is 16.3. The van der Waals surface area contributed by atoms with Gasteiger partial charge in [0.25, 0.3) is 0 Å². The van der Waals surface area contributed by atoms with Crippen LogP contribution in [0.25, 0.3) is 52.7 Å². The molecule has 5 aromatic rings. The molecule has 0 saturated heterocycles. The van der Waals surface area contributed by atoms with E-state index in [1.807, 2.05) is 70.4 Å². The van der Waals surface area contributed by atoms with Crippen molar-refractivity contribution in [1.29, 1.82) is 21.0 Å². The van der Waals surface area contributed by atoms with Crippen molar-refractivity contribution in [3.63, 3.8) is 0 Å². The first-order chi connectivity index (χ1) is 25.9. The topological polar surface area (TPSA) is 114 Å². The smallest absolute Gasteiger partial charge is 0.138 e. The molecule has 0 aromatic carbocycles. The highest BCUT2D eigenvalue weighted by Gasteiger charge is 2.52. The van der Waals surface area contributed by atoms with Crippen LogP contribution in [0.1, 0.15) is 100 Å². The lowest BCUT2D eigenvalue weighted by atomic mass is 9.66. The van der Waals surface area contributed by atoms with Crippen molar-refractivity contribution in [3.05, 3.63) is 65.5 Å². The van der Waals surface area contributed by atoms with E-state index in [9.17, 15) is 21.0 Å². The van der Waals surface area contributed by atoms with E-state index in [4.69, 9.17) is 9.47 Å². The van der Waals surface area contributed by atoms with Crippen LogP contribution in [0.3, 0.4) is 0 Å². The summed E-state index contributed by atoms with van der Waals surface area (Å²) in [6.07, 6.45) is 17.6. The number of methoxy groups -OCH3 is 2. The summed E-state index contributed by atoms with van der Waals surface area (Å²) in [5.41, 5.74) is 5.97. The molecular formula is C42H32N4O2S5. The quantitative estimate of drug-likeness (QED) is 0.158. The van der Waals surface area contributed by atoms with Crippen LogP contribution in [0.15, 0.2) is 29.3 Å². The van der Waals surface area contributed by atoms with Crippen LogP contribution in [0, 0.1) is 45.3 Å². The Hall–Kier alpha value is -4.46. The molecular weight excluding hydrogens is 753 g/mol. The summed E-state index contributed by atoms with van der Waals surface area (Å²) in [4.78, 5) is 9.26. The molecule has 0 N–H and O–H groups in total. The van der Waals surface area contributed by atoms with Crippen molar-refractivity contribution >= 4 is 89.9 Å². The largest absolute Gasteiger partial charge is 0.495 e. The van der Waals surface area contributed by atoms with Crippen LogP contribution >= 0.6 is 56.7 Å². The van der Waals surface area contributed by atoms with E-state index in [0.29, 0.717) is 0 Å². The molecule has 6 nitrogen and oxygen atoms in total. The minimum atomic E-state index is -0.0973. The lowest BCUT2D eigenvalue weighted by Crippen LogP contribution is -2.28. The van der Waals surface area contributed by atoms with E-state index < -0.39 is 0 Å². The van der Waals surface area contributed by atoms with Gasteiger partial charge < -0.3 is 9.47 Å². The summed E-state index contributed by atoms with van der Waals surface area (Å²) < 4.78 is 14.8. The molecule has 2 spiro atoms. The minimum absolute atomic E-state index is 0.000191. The second-order valence-electron chi connectivity index (χ2n) is 14.2. The number of nitrogens with zero attached hydrogens (tertiary/aromatic N) is 4. The highest BCUT2D eigenvalue weighted by molar-refractivity contribution is 7.33. The van der Waals surface area contributed by atoms with E-state index in [-0.39, 0.29) is 22.0 Å². The highest BCUT2D eigenvalue weighted by atomic mass is 32.1. The number of hydrogen-bond donors (Lipinski definition) is 0. The molecule has 9 rings (SSSR count). The van der Waals surface area contributed by atoms with Gasteiger partial charge in [-0.05, 0) is 78.8 Å². The van der Waals surface area contributed by atoms with Crippen LogP contribution in [0.5, 0.6) is 11.5 Å². The van der Waals surface area contributed by atoms with E-state index in [1.54, 1.807) is 54.6 Å². The molecule has 2 fully saturated rings. The van der Waals surface area contributed by atoms with Gasteiger partial charge in [-0.15, -0.1) is 56.7 Å². The number of nitriles is 4. The molecule has 5 aromatic heterocycles. The van der Waals surface area contributed by atoms with Gasteiger partial charge in [0.05, 0.1) is 38.3 Å². The first-order valence-electron chi connectivity index (χ1n) is 17.8. The zero-order chi connectivity index (χ0) is 36.5. The average molecular weight is 785 g/mol. The first-order valence-corrected chi connectivity index (χ1v) is 21.9. The lowest BCUT2D eigenvalue weighted by Gasteiger charge is -2.37. The third-order valence-electron chi connectivity index (χ3n) is 11.6. The number of allylic oxidation sites excluding steroid dienone is 3. The van der Waals surface area contributed by atoms with Crippen LogP contribution in [0.2, 0.25) is 0 Å². The number of hydrogen-bond acceptors (Lipinski definition) is 11. The molecule has 0 bridgehead atoms. The molecule has 0 unspecified atom stereocenters. The van der Waals surface area contributed by atoms with Gasteiger partial charge in [-0.25, -0.2) is 0 Å². The summed E-state index contributed by atoms with van der Waals surface area (Å²) in [6.45, 7) is 0. The zero-order valence-corrected chi connectivity index (χ0v) is 33.3. The van der Waals surface area contributed by atoms with Crippen molar-refractivity contribution in [1.82, 2.24) is 0 Å². The third-order valence-corrected chi connectivity index (χ3v) is 17.7. The summed E-state index contributed by atoms with van der Waals surface area (Å²) in [5, 5.41) is 37.7. The third kappa shape index (κ3) is 5.06. The van der Waals surface area contributed by atoms with Gasteiger partial charge in [0.2, 0.25) is 0 Å². The van der Waals surface area contributed by atoms with Crippen molar-refractivity contribution in [2.75, 3.05) is 14.2 Å². The zero-order valence-electron chi connectivity index (χ0n) is 29.2. The van der Waals surface area contributed by atoms with Gasteiger partial charge in [0.15, 0.2) is 0 Å². The molecule has 0 atom stereocenters. The van der Waals surface area contributed by atoms with Gasteiger partial charge >= 0.3 is 0 Å². The molecule has 5 heterocycles. The Morgan fingerprint density at radius 3 is 1.74 bits per heavy atom. The van der Waals surface area contributed by atoms with Crippen molar-refractivity contribution in [2.45, 2.75) is 75.0 Å². The Bertz CT molecular complexity index is 2580. The number of fused-ring (bicyclic) bond motifs is 10. The fraction of sp³-hybridized carbons (Fsp3) is 0.333. The summed E-state index contributed by atoms with van der Waals surface area (Å²) >= 11 is 9.07. The number of ether oxygens (including phenoxy) is 2. The van der Waals surface area contributed by atoms with Gasteiger partial charge in [-0.3, -0.25) is 0 Å². The predicted molar refractivity (Wildman–Crippen MR) is 219 cm³/mol.